The highest BCUT2D eigenvalue weighted by atomic mass is 19.1. The molecule has 0 unspecified atom stereocenters. The van der Waals surface area contributed by atoms with Gasteiger partial charge in [-0.15, -0.1) is 0 Å². The highest BCUT2D eigenvalue weighted by Gasteiger charge is 2.34. The highest BCUT2D eigenvalue weighted by molar-refractivity contribution is 5.51. The molecule has 2 heterocycles. The molecule has 4 atom stereocenters. The maximum atomic E-state index is 13.3. The number of aliphatic hydroxyl groups excluding tert-OH is 4. The van der Waals surface area contributed by atoms with Gasteiger partial charge in [0.15, 0.2) is 0 Å². The highest BCUT2D eigenvalue weighted by Crippen LogP contribution is 2.25. The smallest absolute Gasteiger partial charge is 0.123 e. The zero-order valence-corrected chi connectivity index (χ0v) is 21.3. The summed E-state index contributed by atoms with van der Waals surface area (Å²) in [7, 11) is 0. The predicted molar refractivity (Wildman–Crippen MR) is 140 cm³/mol. The number of hydrogen-bond acceptors (Lipinski definition) is 8. The maximum Gasteiger partial charge on any atom is 0.123 e. The number of anilines is 1. The Balaban J connectivity index is 1.60. The molecule has 9 nitrogen and oxygen atoms in total. The molecule has 38 heavy (non-hydrogen) atoms. The van der Waals surface area contributed by atoms with Crippen LogP contribution in [0.2, 0.25) is 0 Å². The van der Waals surface area contributed by atoms with Gasteiger partial charge in [0.05, 0.1) is 31.2 Å². The minimum absolute atomic E-state index is 0.00432. The SMILES string of the molecule is OC[C@@H](O)[C@H]1OCCCCCCOc2cccc(c2)N(Cc2cnn(-c3ccc(F)cc3)c2)C[C@@H](O)[C@H]1O. The molecule has 0 amide bonds. The van der Waals surface area contributed by atoms with Crippen molar-refractivity contribution in [3.63, 3.8) is 0 Å². The minimum Gasteiger partial charge on any atom is -0.494 e. The molecule has 4 rings (SSSR count). The first-order chi connectivity index (χ1) is 18.4. The molecule has 1 aliphatic heterocycles. The van der Waals surface area contributed by atoms with E-state index < -0.39 is 31.0 Å². The van der Waals surface area contributed by atoms with Crippen molar-refractivity contribution < 1.29 is 34.3 Å². The number of fused-ring (bicyclic) bond motifs is 2. The Bertz CT molecular complexity index is 1130. The fourth-order valence-electron chi connectivity index (χ4n) is 4.49. The van der Waals surface area contributed by atoms with Gasteiger partial charge in [0.2, 0.25) is 0 Å². The summed E-state index contributed by atoms with van der Waals surface area (Å²) in [6, 6.07) is 13.5. The topological polar surface area (TPSA) is 120 Å². The van der Waals surface area contributed by atoms with Crippen LogP contribution in [0.1, 0.15) is 31.2 Å². The van der Waals surface area contributed by atoms with Crippen molar-refractivity contribution in [2.75, 3.05) is 31.3 Å². The number of rotatable bonds is 5. The third-order valence-electron chi connectivity index (χ3n) is 6.61. The summed E-state index contributed by atoms with van der Waals surface area (Å²) < 4.78 is 26.6. The van der Waals surface area contributed by atoms with Crippen molar-refractivity contribution in [1.82, 2.24) is 9.78 Å². The van der Waals surface area contributed by atoms with Gasteiger partial charge in [0, 0.05) is 43.2 Å². The van der Waals surface area contributed by atoms with Crippen LogP contribution in [-0.4, -0.2) is 81.0 Å². The van der Waals surface area contributed by atoms with E-state index in [0.29, 0.717) is 24.6 Å². The molecule has 0 saturated heterocycles. The van der Waals surface area contributed by atoms with E-state index in [1.54, 1.807) is 23.0 Å². The van der Waals surface area contributed by atoms with Crippen molar-refractivity contribution in [1.29, 1.82) is 0 Å². The Morgan fingerprint density at radius 3 is 2.53 bits per heavy atom. The van der Waals surface area contributed by atoms with E-state index in [4.69, 9.17) is 9.47 Å². The lowest BCUT2D eigenvalue weighted by Crippen LogP contribution is -2.51. The van der Waals surface area contributed by atoms with Gasteiger partial charge in [-0.05, 0) is 55.7 Å². The molecule has 0 radical (unpaired) electrons. The second kappa shape index (κ2) is 13.7. The van der Waals surface area contributed by atoms with E-state index in [1.165, 1.54) is 12.1 Å². The van der Waals surface area contributed by atoms with Gasteiger partial charge in [-0.25, -0.2) is 9.07 Å². The van der Waals surface area contributed by atoms with E-state index in [0.717, 1.165) is 36.9 Å². The average Bonchev–Trinajstić information content (AvgIpc) is 3.39. The van der Waals surface area contributed by atoms with Crippen LogP contribution < -0.4 is 9.64 Å². The number of nitrogens with zero attached hydrogens (tertiary/aromatic N) is 3. The maximum absolute atomic E-state index is 13.3. The second-order valence-corrected chi connectivity index (χ2v) is 9.55. The van der Waals surface area contributed by atoms with E-state index in [2.05, 4.69) is 5.10 Å². The Hall–Kier alpha value is -3.02. The Morgan fingerprint density at radius 2 is 1.76 bits per heavy atom. The molecule has 0 saturated carbocycles. The molecule has 0 fully saturated rings. The largest absolute Gasteiger partial charge is 0.494 e. The average molecular weight is 530 g/mol. The summed E-state index contributed by atoms with van der Waals surface area (Å²) in [4.78, 5) is 1.88. The van der Waals surface area contributed by atoms with Gasteiger partial charge in [0.25, 0.3) is 0 Å². The molecular formula is C28H36FN3O6. The summed E-state index contributed by atoms with van der Waals surface area (Å²) in [6.07, 6.45) is 1.72. The van der Waals surface area contributed by atoms with Crippen molar-refractivity contribution in [2.45, 2.75) is 56.6 Å². The summed E-state index contributed by atoms with van der Waals surface area (Å²) in [5, 5.41) is 46.2. The van der Waals surface area contributed by atoms with Crippen LogP contribution in [0.15, 0.2) is 60.9 Å². The number of benzene rings is 2. The first-order valence-electron chi connectivity index (χ1n) is 13.0. The first-order valence-corrected chi connectivity index (χ1v) is 13.0. The van der Waals surface area contributed by atoms with Crippen LogP contribution in [0.3, 0.4) is 0 Å². The van der Waals surface area contributed by atoms with E-state index in [1.807, 2.05) is 35.4 Å². The predicted octanol–water partition coefficient (Wildman–Crippen LogP) is 2.43. The van der Waals surface area contributed by atoms with E-state index in [-0.39, 0.29) is 19.0 Å². The lowest BCUT2D eigenvalue weighted by molar-refractivity contribution is -0.141. The van der Waals surface area contributed by atoms with Crippen LogP contribution >= 0.6 is 0 Å². The van der Waals surface area contributed by atoms with Gasteiger partial charge in [0.1, 0.15) is 29.9 Å². The van der Waals surface area contributed by atoms with Crippen molar-refractivity contribution in [3.05, 3.63) is 72.3 Å². The molecule has 1 aromatic heterocycles. The number of halogens is 1. The minimum atomic E-state index is -1.44. The lowest BCUT2D eigenvalue weighted by Gasteiger charge is -2.33. The third kappa shape index (κ3) is 7.52. The lowest BCUT2D eigenvalue weighted by atomic mass is 10.0. The van der Waals surface area contributed by atoms with Crippen molar-refractivity contribution >= 4 is 5.69 Å². The van der Waals surface area contributed by atoms with Crippen LogP contribution in [0.4, 0.5) is 10.1 Å². The van der Waals surface area contributed by atoms with Crippen molar-refractivity contribution in [2.24, 2.45) is 0 Å². The molecule has 4 N–H and O–H groups in total. The molecule has 10 heteroatoms. The van der Waals surface area contributed by atoms with Gasteiger partial charge < -0.3 is 34.8 Å². The van der Waals surface area contributed by atoms with E-state index in [9.17, 15) is 24.8 Å². The number of β-amino-alcohol motifs (C(OH)–C–C–N with tert-alkyl or cyclic N) is 1. The third-order valence-corrected chi connectivity index (χ3v) is 6.61. The van der Waals surface area contributed by atoms with Gasteiger partial charge in [-0.2, -0.15) is 5.10 Å². The summed E-state index contributed by atoms with van der Waals surface area (Å²) >= 11 is 0. The Labute approximate surface area is 221 Å². The molecule has 2 aromatic carbocycles. The molecule has 1 aliphatic rings. The van der Waals surface area contributed by atoms with Crippen molar-refractivity contribution in [3.8, 4) is 11.4 Å². The van der Waals surface area contributed by atoms with Crippen LogP contribution in [0.5, 0.6) is 5.75 Å². The molecule has 3 aromatic rings. The Morgan fingerprint density at radius 1 is 1.00 bits per heavy atom. The molecule has 206 valence electrons. The number of aliphatic hydroxyl groups is 4. The normalized spacial score (nSPS) is 22.6. The van der Waals surface area contributed by atoms with Gasteiger partial charge in [-0.3, -0.25) is 0 Å². The molecule has 0 spiro atoms. The quantitative estimate of drug-likeness (QED) is 0.398. The molecule has 2 bridgehead atoms. The first kappa shape index (κ1) is 28.0. The summed E-state index contributed by atoms with van der Waals surface area (Å²) in [5.74, 6) is 0.370. The number of aromatic nitrogens is 2. The van der Waals surface area contributed by atoms with Gasteiger partial charge in [-0.1, -0.05) is 12.5 Å². The zero-order chi connectivity index (χ0) is 26.9. The Kier molecular flexibility index (Phi) is 10.1. The number of hydrogen-bond donors (Lipinski definition) is 4. The van der Waals surface area contributed by atoms with Crippen LogP contribution in [0, 0.1) is 5.82 Å². The van der Waals surface area contributed by atoms with E-state index >= 15 is 0 Å². The summed E-state index contributed by atoms with van der Waals surface area (Å²) in [6.45, 7) is 0.604. The van der Waals surface area contributed by atoms with Gasteiger partial charge >= 0.3 is 0 Å². The van der Waals surface area contributed by atoms with Crippen LogP contribution in [0.25, 0.3) is 5.69 Å². The fourth-order valence-corrected chi connectivity index (χ4v) is 4.49. The van der Waals surface area contributed by atoms with Crippen LogP contribution in [-0.2, 0) is 11.3 Å². The molecular weight excluding hydrogens is 493 g/mol. The second-order valence-electron chi connectivity index (χ2n) is 9.55. The zero-order valence-electron chi connectivity index (χ0n) is 21.3. The standard InChI is InChI=1S/C28H36FN3O6/c29-21-8-10-22(11-9-21)32-17-20(15-30-32)16-31-18-25(34)27(36)28(26(35)19-33)38-13-4-2-1-3-12-37-24-7-5-6-23(31)14-24/h5-11,14-15,17,25-28,33-36H,1-4,12-13,16,18-19H2/t25-,26-,27-,28-/m1/s1. The molecule has 0 aliphatic carbocycles. The number of ether oxygens (including phenoxy) is 2. The fraction of sp³-hybridized carbons (Fsp3) is 0.464. The summed E-state index contributed by atoms with van der Waals surface area (Å²) in [5.41, 5.74) is 2.28. The monoisotopic (exact) mass is 529 g/mol.